The monoisotopic (exact) mass is 520 g/mol. The van der Waals surface area contributed by atoms with E-state index in [0.29, 0.717) is 25.7 Å². The molecule has 37 heavy (non-hydrogen) atoms. The molecule has 2 aliphatic rings. The number of hydrogen-bond acceptors (Lipinski definition) is 7. The molecule has 0 saturated carbocycles. The Morgan fingerprint density at radius 2 is 1.86 bits per heavy atom. The van der Waals surface area contributed by atoms with Gasteiger partial charge >= 0.3 is 5.69 Å². The summed E-state index contributed by atoms with van der Waals surface area (Å²) in [4.78, 5) is 26.8. The molecule has 3 aromatic heterocycles. The molecule has 1 saturated heterocycles. The molecule has 1 aromatic carbocycles. The Balaban J connectivity index is 1.15. The Kier molecular flexibility index (Phi) is 6.33. The number of aryl methyl sites for hydroxylation is 2. The first-order chi connectivity index (χ1) is 17.9. The third kappa shape index (κ3) is 4.47. The summed E-state index contributed by atoms with van der Waals surface area (Å²) in [6.07, 6.45) is 4.72. The van der Waals surface area contributed by atoms with Crippen LogP contribution >= 0.6 is 11.3 Å². The molecule has 4 aromatic rings. The number of anilines is 1. The summed E-state index contributed by atoms with van der Waals surface area (Å²) in [5, 5.41) is 4.96. The maximum atomic E-state index is 12.7. The molecule has 1 N–H and O–H groups in total. The number of piperidine rings is 1. The van der Waals surface area contributed by atoms with Crippen molar-refractivity contribution in [3.8, 4) is 0 Å². The van der Waals surface area contributed by atoms with Gasteiger partial charge in [-0.25, -0.2) is 14.8 Å². The zero-order chi connectivity index (χ0) is 25.7. The summed E-state index contributed by atoms with van der Waals surface area (Å²) in [5.41, 5.74) is 4.63. The second-order valence-corrected chi connectivity index (χ2v) is 12.0. The summed E-state index contributed by atoms with van der Waals surface area (Å²) in [6.45, 7) is 13.4. The predicted molar refractivity (Wildman–Crippen MR) is 149 cm³/mol. The number of hydrogen-bond donors (Lipinski definition) is 1. The SMILES string of the molecule is CCn1c(=O)n(CC)c2cc(CN3CCC(Nc4ncnc5sc6c(c45)CC(C)(C)OC6)CC3)ccc21. The van der Waals surface area contributed by atoms with Crippen molar-refractivity contribution in [3.05, 3.63) is 51.0 Å². The number of benzene rings is 1. The van der Waals surface area contributed by atoms with Crippen molar-refractivity contribution < 1.29 is 4.74 Å². The van der Waals surface area contributed by atoms with E-state index in [1.807, 2.05) is 23.0 Å². The van der Waals surface area contributed by atoms with Gasteiger partial charge in [0.1, 0.15) is 17.0 Å². The Hall–Kier alpha value is -2.75. The van der Waals surface area contributed by atoms with Gasteiger partial charge in [0.05, 0.1) is 28.6 Å². The second kappa shape index (κ2) is 9.53. The maximum absolute atomic E-state index is 12.7. The largest absolute Gasteiger partial charge is 0.370 e. The molecule has 5 heterocycles. The van der Waals surface area contributed by atoms with Gasteiger partial charge in [-0.2, -0.15) is 0 Å². The minimum absolute atomic E-state index is 0.0887. The van der Waals surface area contributed by atoms with Crippen LogP contribution in [0.5, 0.6) is 0 Å². The number of ether oxygens (including phenoxy) is 1. The van der Waals surface area contributed by atoms with Crippen LogP contribution in [0.3, 0.4) is 0 Å². The van der Waals surface area contributed by atoms with E-state index in [1.165, 1.54) is 21.4 Å². The van der Waals surface area contributed by atoms with Crippen molar-refractivity contribution in [2.24, 2.45) is 0 Å². The first-order valence-corrected chi connectivity index (χ1v) is 14.3. The van der Waals surface area contributed by atoms with Gasteiger partial charge in [0.15, 0.2) is 0 Å². The lowest BCUT2D eigenvalue weighted by molar-refractivity contribution is -0.0379. The molecule has 0 bridgehead atoms. The van der Waals surface area contributed by atoms with Gasteiger partial charge in [0.25, 0.3) is 0 Å². The van der Waals surface area contributed by atoms with Crippen molar-refractivity contribution in [3.63, 3.8) is 0 Å². The number of rotatable bonds is 6. The van der Waals surface area contributed by atoms with E-state index in [2.05, 4.69) is 52.2 Å². The van der Waals surface area contributed by atoms with E-state index in [9.17, 15) is 4.79 Å². The van der Waals surface area contributed by atoms with Crippen molar-refractivity contribution in [2.45, 2.75) is 84.8 Å². The van der Waals surface area contributed by atoms with Crippen LogP contribution in [-0.4, -0.2) is 48.7 Å². The topological polar surface area (TPSA) is 77.2 Å². The molecule has 196 valence electrons. The Morgan fingerprint density at radius 3 is 2.62 bits per heavy atom. The van der Waals surface area contributed by atoms with E-state index in [-0.39, 0.29) is 11.3 Å². The van der Waals surface area contributed by atoms with Crippen LogP contribution in [0.1, 0.15) is 56.5 Å². The smallest absolute Gasteiger partial charge is 0.329 e. The van der Waals surface area contributed by atoms with Gasteiger partial charge in [-0.15, -0.1) is 11.3 Å². The number of thiophene rings is 1. The molecule has 0 spiro atoms. The molecule has 8 nitrogen and oxygen atoms in total. The van der Waals surface area contributed by atoms with E-state index < -0.39 is 0 Å². The highest BCUT2D eigenvalue weighted by Gasteiger charge is 2.31. The van der Waals surface area contributed by atoms with Gasteiger partial charge in [-0.05, 0) is 63.8 Å². The van der Waals surface area contributed by atoms with Gasteiger partial charge in [-0.3, -0.25) is 14.0 Å². The number of likely N-dealkylation sites (tertiary alicyclic amines) is 1. The van der Waals surface area contributed by atoms with Crippen LogP contribution in [-0.2, 0) is 37.4 Å². The van der Waals surface area contributed by atoms with Crippen molar-refractivity contribution >= 4 is 38.4 Å². The summed E-state index contributed by atoms with van der Waals surface area (Å²) < 4.78 is 9.79. The number of imidazole rings is 1. The molecule has 0 aliphatic carbocycles. The minimum Gasteiger partial charge on any atom is -0.370 e. The Bertz CT molecular complexity index is 1510. The van der Waals surface area contributed by atoms with Crippen LogP contribution in [0, 0.1) is 0 Å². The zero-order valence-electron chi connectivity index (χ0n) is 22.2. The quantitative estimate of drug-likeness (QED) is 0.395. The zero-order valence-corrected chi connectivity index (χ0v) is 23.0. The van der Waals surface area contributed by atoms with E-state index in [4.69, 9.17) is 4.74 Å². The number of nitrogens with zero attached hydrogens (tertiary/aromatic N) is 5. The van der Waals surface area contributed by atoms with Gasteiger partial charge in [0, 0.05) is 50.1 Å². The van der Waals surface area contributed by atoms with Gasteiger partial charge in [0.2, 0.25) is 0 Å². The van der Waals surface area contributed by atoms with Crippen LogP contribution in [0.15, 0.2) is 29.3 Å². The van der Waals surface area contributed by atoms with E-state index >= 15 is 0 Å². The average molecular weight is 521 g/mol. The molecule has 2 aliphatic heterocycles. The maximum Gasteiger partial charge on any atom is 0.329 e. The van der Waals surface area contributed by atoms with Gasteiger partial charge in [-0.1, -0.05) is 6.07 Å². The summed E-state index contributed by atoms with van der Waals surface area (Å²) in [7, 11) is 0. The predicted octanol–water partition coefficient (Wildman–Crippen LogP) is 4.78. The summed E-state index contributed by atoms with van der Waals surface area (Å²) in [5.74, 6) is 0.974. The molecular formula is C28H36N6O2S. The lowest BCUT2D eigenvalue weighted by Gasteiger charge is -2.33. The molecule has 0 unspecified atom stereocenters. The van der Waals surface area contributed by atoms with Gasteiger partial charge < -0.3 is 10.1 Å². The average Bonchev–Trinajstić information content (AvgIpc) is 3.38. The molecule has 9 heteroatoms. The molecule has 0 radical (unpaired) electrons. The van der Waals surface area contributed by atoms with E-state index in [1.54, 1.807) is 17.7 Å². The van der Waals surface area contributed by atoms with Crippen LogP contribution < -0.4 is 11.0 Å². The van der Waals surface area contributed by atoms with E-state index in [0.717, 1.165) is 60.6 Å². The molecular weight excluding hydrogens is 484 g/mol. The first kappa shape index (κ1) is 24.6. The first-order valence-electron chi connectivity index (χ1n) is 13.5. The Labute approximate surface area is 221 Å². The minimum atomic E-state index is -0.159. The third-order valence-electron chi connectivity index (χ3n) is 7.92. The van der Waals surface area contributed by atoms with Crippen molar-refractivity contribution in [1.29, 1.82) is 0 Å². The molecule has 0 amide bonds. The highest BCUT2D eigenvalue weighted by atomic mass is 32.1. The lowest BCUT2D eigenvalue weighted by atomic mass is 9.94. The number of aromatic nitrogens is 4. The van der Waals surface area contributed by atoms with Crippen molar-refractivity contribution in [1.82, 2.24) is 24.0 Å². The normalized spacial score (nSPS) is 18.5. The summed E-state index contributed by atoms with van der Waals surface area (Å²) in [6, 6.07) is 6.90. The third-order valence-corrected chi connectivity index (χ3v) is 9.03. The fraction of sp³-hybridized carbons (Fsp3) is 0.536. The van der Waals surface area contributed by atoms with Crippen LogP contribution in [0.2, 0.25) is 0 Å². The fourth-order valence-corrected chi connectivity index (χ4v) is 7.02. The van der Waals surface area contributed by atoms with Crippen LogP contribution in [0.25, 0.3) is 21.3 Å². The van der Waals surface area contributed by atoms with Crippen molar-refractivity contribution in [2.75, 3.05) is 18.4 Å². The lowest BCUT2D eigenvalue weighted by Crippen LogP contribution is -2.38. The molecule has 6 rings (SSSR count). The molecule has 1 fully saturated rings. The fourth-order valence-electron chi connectivity index (χ4n) is 5.95. The standard InChI is InChI=1S/C28H36N6O2S/c1-5-33-21-8-7-18(13-22(21)34(6-2)27(33)35)15-32-11-9-19(10-12-32)31-25-24-20-14-28(3,4)36-16-23(20)37-26(24)30-17-29-25/h7-8,13,17,19H,5-6,9-12,14-16H2,1-4H3,(H,29,30,31). The number of fused-ring (bicyclic) bond motifs is 4. The highest BCUT2D eigenvalue weighted by Crippen LogP contribution is 2.40. The number of nitrogens with one attached hydrogen (secondary N) is 1. The molecule has 0 atom stereocenters. The summed E-state index contributed by atoms with van der Waals surface area (Å²) >= 11 is 1.74. The second-order valence-electron chi connectivity index (χ2n) is 10.9. The van der Waals surface area contributed by atoms with Crippen LogP contribution in [0.4, 0.5) is 5.82 Å². The Morgan fingerprint density at radius 1 is 1.11 bits per heavy atom. The highest BCUT2D eigenvalue weighted by molar-refractivity contribution is 7.18.